The minimum absolute atomic E-state index is 0.201. The van der Waals surface area contributed by atoms with Crippen LogP contribution in [0.15, 0.2) is 24.3 Å². The standard InChI is InChI=1S/C17H23N3O/c1-4-20-10-9-16-15(11-20)17(19-18-16)13-5-7-14(8-6-13)21-12(2)3/h5-8,12H,4,9-11H2,1-3H3,(H,18,19). The van der Waals surface area contributed by atoms with E-state index < -0.39 is 0 Å². The fourth-order valence-corrected chi connectivity index (χ4v) is 2.82. The number of aromatic nitrogens is 2. The quantitative estimate of drug-likeness (QED) is 0.937. The van der Waals surface area contributed by atoms with E-state index in [2.05, 4.69) is 34.2 Å². The number of ether oxygens (including phenoxy) is 1. The van der Waals surface area contributed by atoms with Gasteiger partial charge in [-0.2, -0.15) is 5.10 Å². The summed E-state index contributed by atoms with van der Waals surface area (Å²) in [6.07, 6.45) is 1.26. The van der Waals surface area contributed by atoms with Gasteiger partial charge in [0.2, 0.25) is 0 Å². The summed E-state index contributed by atoms with van der Waals surface area (Å²) in [6, 6.07) is 8.24. The van der Waals surface area contributed by atoms with Crippen LogP contribution >= 0.6 is 0 Å². The Labute approximate surface area is 126 Å². The zero-order valence-corrected chi connectivity index (χ0v) is 13.0. The number of likely N-dealkylation sites (N-methyl/N-ethyl adjacent to an activating group) is 1. The normalized spacial score (nSPS) is 15.2. The molecule has 0 fully saturated rings. The minimum atomic E-state index is 0.201. The number of fused-ring (bicyclic) bond motifs is 1. The smallest absolute Gasteiger partial charge is 0.119 e. The highest BCUT2D eigenvalue weighted by atomic mass is 16.5. The molecule has 2 heterocycles. The number of hydrogen-bond acceptors (Lipinski definition) is 3. The van der Waals surface area contributed by atoms with Gasteiger partial charge in [-0.15, -0.1) is 0 Å². The van der Waals surface area contributed by atoms with Crippen LogP contribution in [-0.2, 0) is 13.0 Å². The van der Waals surface area contributed by atoms with Gasteiger partial charge in [0.25, 0.3) is 0 Å². The van der Waals surface area contributed by atoms with E-state index in [-0.39, 0.29) is 6.10 Å². The number of rotatable bonds is 4. The van der Waals surface area contributed by atoms with E-state index in [9.17, 15) is 0 Å². The molecule has 0 radical (unpaired) electrons. The zero-order chi connectivity index (χ0) is 14.8. The number of H-pyrrole nitrogens is 1. The molecule has 2 aromatic rings. The lowest BCUT2D eigenvalue weighted by atomic mass is 10.0. The molecule has 1 aromatic carbocycles. The predicted octanol–water partition coefficient (Wildman–Crippen LogP) is 3.24. The van der Waals surface area contributed by atoms with Crippen molar-refractivity contribution in [1.29, 1.82) is 0 Å². The van der Waals surface area contributed by atoms with Crippen LogP contribution < -0.4 is 4.74 Å². The van der Waals surface area contributed by atoms with Gasteiger partial charge in [0, 0.05) is 36.3 Å². The van der Waals surface area contributed by atoms with Gasteiger partial charge in [-0.1, -0.05) is 6.92 Å². The summed E-state index contributed by atoms with van der Waals surface area (Å²) >= 11 is 0. The third-order valence-corrected chi connectivity index (χ3v) is 3.96. The van der Waals surface area contributed by atoms with Gasteiger partial charge in [-0.3, -0.25) is 10.00 Å². The summed E-state index contributed by atoms with van der Waals surface area (Å²) in [7, 11) is 0. The Hall–Kier alpha value is -1.81. The topological polar surface area (TPSA) is 41.2 Å². The Kier molecular flexibility index (Phi) is 3.97. The van der Waals surface area contributed by atoms with E-state index in [1.54, 1.807) is 0 Å². The van der Waals surface area contributed by atoms with Crippen LogP contribution in [0.1, 0.15) is 32.0 Å². The molecule has 3 rings (SSSR count). The number of hydrogen-bond donors (Lipinski definition) is 1. The molecule has 112 valence electrons. The van der Waals surface area contributed by atoms with Crippen LogP contribution in [-0.4, -0.2) is 34.3 Å². The summed E-state index contributed by atoms with van der Waals surface area (Å²) < 4.78 is 5.70. The highest BCUT2D eigenvalue weighted by Crippen LogP contribution is 2.29. The Balaban J connectivity index is 1.86. The van der Waals surface area contributed by atoms with Gasteiger partial charge >= 0.3 is 0 Å². The van der Waals surface area contributed by atoms with Crippen molar-refractivity contribution in [3.63, 3.8) is 0 Å². The maximum absolute atomic E-state index is 5.70. The number of benzene rings is 1. The van der Waals surface area contributed by atoms with Gasteiger partial charge in [0.15, 0.2) is 0 Å². The average molecular weight is 285 g/mol. The molecule has 1 N–H and O–H groups in total. The van der Waals surface area contributed by atoms with E-state index in [0.717, 1.165) is 43.1 Å². The van der Waals surface area contributed by atoms with Crippen molar-refractivity contribution >= 4 is 0 Å². The fourth-order valence-electron chi connectivity index (χ4n) is 2.82. The lowest BCUT2D eigenvalue weighted by molar-refractivity contribution is 0.242. The largest absolute Gasteiger partial charge is 0.491 e. The van der Waals surface area contributed by atoms with Crippen molar-refractivity contribution < 1.29 is 4.74 Å². The third kappa shape index (κ3) is 2.95. The predicted molar refractivity (Wildman–Crippen MR) is 84.4 cm³/mol. The lowest BCUT2D eigenvalue weighted by Gasteiger charge is -2.25. The molecule has 1 aromatic heterocycles. The molecule has 0 bridgehead atoms. The average Bonchev–Trinajstić information content (AvgIpc) is 2.90. The van der Waals surface area contributed by atoms with E-state index in [1.807, 2.05) is 26.0 Å². The Morgan fingerprint density at radius 1 is 1.29 bits per heavy atom. The molecular weight excluding hydrogens is 262 g/mol. The van der Waals surface area contributed by atoms with Crippen LogP contribution in [0.2, 0.25) is 0 Å². The van der Waals surface area contributed by atoms with E-state index in [4.69, 9.17) is 4.74 Å². The van der Waals surface area contributed by atoms with E-state index in [0.29, 0.717) is 0 Å². The summed E-state index contributed by atoms with van der Waals surface area (Å²) in [5.41, 5.74) is 4.87. The van der Waals surface area contributed by atoms with Crippen LogP contribution in [0.4, 0.5) is 0 Å². The van der Waals surface area contributed by atoms with E-state index >= 15 is 0 Å². The number of aromatic amines is 1. The van der Waals surface area contributed by atoms with Crippen LogP contribution in [0, 0.1) is 0 Å². The summed E-state index contributed by atoms with van der Waals surface area (Å²) in [5.74, 6) is 0.910. The summed E-state index contributed by atoms with van der Waals surface area (Å²) in [5, 5.41) is 7.74. The molecular formula is C17H23N3O. The molecule has 0 atom stereocenters. The number of nitrogens with one attached hydrogen (secondary N) is 1. The first-order chi connectivity index (χ1) is 10.2. The second-order valence-corrected chi connectivity index (χ2v) is 5.84. The summed E-state index contributed by atoms with van der Waals surface area (Å²) in [4.78, 5) is 2.46. The molecule has 1 aliphatic heterocycles. The van der Waals surface area contributed by atoms with Gasteiger partial charge in [-0.25, -0.2) is 0 Å². The van der Waals surface area contributed by atoms with Gasteiger partial charge < -0.3 is 4.74 Å². The Morgan fingerprint density at radius 2 is 2.05 bits per heavy atom. The molecule has 4 heteroatoms. The SMILES string of the molecule is CCN1CCc2[nH]nc(-c3ccc(OC(C)C)cc3)c2C1. The molecule has 0 unspecified atom stereocenters. The monoisotopic (exact) mass is 285 g/mol. The van der Waals surface area contributed by atoms with Crippen molar-refractivity contribution in [2.75, 3.05) is 13.1 Å². The first kappa shape index (κ1) is 14.1. The van der Waals surface area contributed by atoms with Crippen molar-refractivity contribution in [2.45, 2.75) is 39.8 Å². The second kappa shape index (κ2) is 5.90. The van der Waals surface area contributed by atoms with Crippen molar-refractivity contribution in [3.8, 4) is 17.0 Å². The summed E-state index contributed by atoms with van der Waals surface area (Å²) in [6.45, 7) is 9.48. The van der Waals surface area contributed by atoms with Crippen molar-refractivity contribution in [1.82, 2.24) is 15.1 Å². The molecule has 21 heavy (non-hydrogen) atoms. The molecule has 1 aliphatic rings. The molecule has 0 saturated carbocycles. The lowest BCUT2D eigenvalue weighted by Crippen LogP contribution is -2.30. The van der Waals surface area contributed by atoms with Gasteiger partial charge in [0.05, 0.1) is 11.8 Å². The maximum atomic E-state index is 5.70. The number of nitrogens with zero attached hydrogens (tertiary/aromatic N) is 2. The van der Waals surface area contributed by atoms with Crippen molar-refractivity contribution in [3.05, 3.63) is 35.5 Å². The Morgan fingerprint density at radius 3 is 2.71 bits per heavy atom. The molecule has 0 aliphatic carbocycles. The fraction of sp³-hybridized carbons (Fsp3) is 0.471. The molecule has 0 saturated heterocycles. The van der Waals surface area contributed by atoms with Crippen LogP contribution in [0.25, 0.3) is 11.3 Å². The van der Waals surface area contributed by atoms with E-state index in [1.165, 1.54) is 11.3 Å². The molecule has 4 nitrogen and oxygen atoms in total. The van der Waals surface area contributed by atoms with Crippen LogP contribution in [0.5, 0.6) is 5.75 Å². The minimum Gasteiger partial charge on any atom is -0.491 e. The Bertz CT molecular complexity index is 601. The molecule has 0 spiro atoms. The first-order valence-electron chi connectivity index (χ1n) is 7.73. The third-order valence-electron chi connectivity index (χ3n) is 3.96. The molecule has 0 amide bonds. The maximum Gasteiger partial charge on any atom is 0.119 e. The van der Waals surface area contributed by atoms with Gasteiger partial charge in [0.1, 0.15) is 5.75 Å². The highest BCUT2D eigenvalue weighted by Gasteiger charge is 2.21. The zero-order valence-electron chi connectivity index (χ0n) is 13.0. The second-order valence-electron chi connectivity index (χ2n) is 5.84. The van der Waals surface area contributed by atoms with Gasteiger partial charge in [-0.05, 0) is 44.7 Å². The highest BCUT2D eigenvalue weighted by molar-refractivity contribution is 5.65. The van der Waals surface area contributed by atoms with Crippen molar-refractivity contribution in [2.24, 2.45) is 0 Å². The first-order valence-corrected chi connectivity index (χ1v) is 7.73. The van der Waals surface area contributed by atoms with Crippen LogP contribution in [0.3, 0.4) is 0 Å².